The molecule has 20 heavy (non-hydrogen) atoms. The smallest absolute Gasteiger partial charge is 0.437 e. The third-order valence-corrected chi connectivity index (χ3v) is 3.06. The summed E-state index contributed by atoms with van der Waals surface area (Å²) in [5.74, 6) is -2.98. The van der Waals surface area contributed by atoms with Crippen LogP contribution in [0.1, 0.15) is 29.1 Å². The van der Waals surface area contributed by atoms with Crippen molar-refractivity contribution in [2.75, 3.05) is 25.1 Å². The Balaban J connectivity index is 2.31. The number of halogens is 3. The summed E-state index contributed by atoms with van der Waals surface area (Å²) in [7, 11) is 1.51. The standard InChI is InChI=1S/C11H13F3N2O4/c1-19-6-3-2-4-16(5-6)10-15-8(11(12,13)14)7(20-10)9(17)18/h6H,2-5H2,1H3,(H,17,18). The minimum absolute atomic E-state index is 0.140. The predicted molar refractivity (Wildman–Crippen MR) is 60.7 cm³/mol. The lowest BCUT2D eigenvalue weighted by molar-refractivity contribution is -0.141. The molecule has 0 amide bonds. The molecule has 0 aromatic carbocycles. The molecule has 0 radical (unpaired) electrons. The molecule has 6 nitrogen and oxygen atoms in total. The Morgan fingerprint density at radius 3 is 2.75 bits per heavy atom. The van der Waals surface area contributed by atoms with Gasteiger partial charge in [-0.25, -0.2) is 4.79 Å². The molecule has 1 aromatic heterocycles. The number of anilines is 1. The van der Waals surface area contributed by atoms with Crippen molar-refractivity contribution in [3.8, 4) is 0 Å². The maximum absolute atomic E-state index is 12.7. The predicted octanol–water partition coefficient (Wildman–Crippen LogP) is 2.01. The van der Waals surface area contributed by atoms with Gasteiger partial charge < -0.3 is 19.2 Å². The van der Waals surface area contributed by atoms with E-state index < -0.39 is 23.6 Å². The Labute approximate surface area is 112 Å². The first-order valence-corrected chi connectivity index (χ1v) is 5.92. The SMILES string of the molecule is COC1CCCN(c2nc(C(F)(F)F)c(C(=O)O)o2)C1. The Hall–Kier alpha value is -1.77. The second kappa shape index (κ2) is 5.31. The number of carbonyl (C=O) groups is 1. The van der Waals surface area contributed by atoms with Crippen LogP contribution in [0.3, 0.4) is 0 Å². The normalized spacial score (nSPS) is 20.2. The van der Waals surface area contributed by atoms with Gasteiger partial charge in [0.15, 0.2) is 5.69 Å². The monoisotopic (exact) mass is 294 g/mol. The molecule has 1 aliphatic heterocycles. The Bertz CT molecular complexity index is 500. The number of nitrogens with zero attached hydrogens (tertiary/aromatic N) is 2. The van der Waals surface area contributed by atoms with Crippen LogP contribution in [-0.2, 0) is 10.9 Å². The molecule has 1 N–H and O–H groups in total. The lowest BCUT2D eigenvalue weighted by atomic mass is 10.1. The van der Waals surface area contributed by atoms with E-state index in [2.05, 4.69) is 4.98 Å². The molecule has 112 valence electrons. The van der Waals surface area contributed by atoms with Crippen LogP contribution in [0.2, 0.25) is 0 Å². The lowest BCUT2D eigenvalue weighted by Gasteiger charge is -2.30. The van der Waals surface area contributed by atoms with E-state index in [0.29, 0.717) is 19.5 Å². The van der Waals surface area contributed by atoms with Crippen molar-refractivity contribution in [2.24, 2.45) is 0 Å². The van der Waals surface area contributed by atoms with Crippen LogP contribution < -0.4 is 4.90 Å². The van der Waals surface area contributed by atoms with E-state index in [4.69, 9.17) is 14.3 Å². The molecule has 0 bridgehead atoms. The average molecular weight is 294 g/mol. The number of ether oxygens (including phenoxy) is 1. The van der Waals surface area contributed by atoms with E-state index in [-0.39, 0.29) is 12.1 Å². The largest absolute Gasteiger partial charge is 0.475 e. The zero-order chi connectivity index (χ0) is 14.9. The number of rotatable bonds is 3. The average Bonchev–Trinajstić information content (AvgIpc) is 2.84. The van der Waals surface area contributed by atoms with E-state index in [9.17, 15) is 18.0 Å². The number of oxazole rings is 1. The molecule has 0 aliphatic carbocycles. The molecule has 0 spiro atoms. The first kappa shape index (κ1) is 14.6. The molecular formula is C11H13F3N2O4. The first-order chi connectivity index (χ1) is 9.32. The zero-order valence-electron chi connectivity index (χ0n) is 10.6. The van der Waals surface area contributed by atoms with Gasteiger partial charge in [-0.1, -0.05) is 0 Å². The summed E-state index contributed by atoms with van der Waals surface area (Å²) >= 11 is 0. The van der Waals surface area contributed by atoms with Crippen LogP contribution >= 0.6 is 0 Å². The van der Waals surface area contributed by atoms with Crippen molar-refractivity contribution in [3.63, 3.8) is 0 Å². The van der Waals surface area contributed by atoms with Gasteiger partial charge in [0.25, 0.3) is 6.01 Å². The van der Waals surface area contributed by atoms with Crippen molar-refractivity contribution in [2.45, 2.75) is 25.1 Å². The number of alkyl halides is 3. The van der Waals surface area contributed by atoms with Gasteiger partial charge in [-0.05, 0) is 12.8 Å². The van der Waals surface area contributed by atoms with Gasteiger partial charge in [-0.3, -0.25) is 0 Å². The Morgan fingerprint density at radius 2 is 2.25 bits per heavy atom. The molecule has 2 heterocycles. The second-order valence-corrected chi connectivity index (χ2v) is 4.42. The van der Waals surface area contributed by atoms with Crippen LogP contribution in [0.4, 0.5) is 19.2 Å². The molecule has 1 fully saturated rings. The van der Waals surface area contributed by atoms with Gasteiger partial charge in [0, 0.05) is 20.2 Å². The van der Waals surface area contributed by atoms with E-state index >= 15 is 0 Å². The number of carboxylic acids is 1. The van der Waals surface area contributed by atoms with E-state index in [0.717, 1.165) is 6.42 Å². The summed E-state index contributed by atoms with van der Waals surface area (Å²) in [4.78, 5) is 15.6. The molecule has 1 atom stereocenters. The molecule has 2 rings (SSSR count). The summed E-state index contributed by atoms with van der Waals surface area (Å²) in [5, 5.41) is 8.76. The fourth-order valence-corrected chi connectivity index (χ4v) is 2.09. The van der Waals surface area contributed by atoms with Gasteiger partial charge in [0.2, 0.25) is 5.76 Å². The highest BCUT2D eigenvalue weighted by Crippen LogP contribution is 2.34. The minimum Gasteiger partial charge on any atom is -0.475 e. The van der Waals surface area contributed by atoms with Gasteiger partial charge in [-0.2, -0.15) is 18.2 Å². The quantitative estimate of drug-likeness (QED) is 0.919. The van der Waals surface area contributed by atoms with Crippen LogP contribution in [0.15, 0.2) is 4.42 Å². The molecule has 1 aliphatic rings. The number of hydrogen-bond donors (Lipinski definition) is 1. The van der Waals surface area contributed by atoms with E-state index in [1.165, 1.54) is 12.0 Å². The van der Waals surface area contributed by atoms with Gasteiger partial charge in [-0.15, -0.1) is 0 Å². The summed E-state index contributed by atoms with van der Waals surface area (Å²) in [6.45, 7) is 0.754. The van der Waals surface area contributed by atoms with E-state index in [1.807, 2.05) is 0 Å². The molecule has 1 saturated heterocycles. The number of aromatic nitrogens is 1. The van der Waals surface area contributed by atoms with Crippen LogP contribution in [0.25, 0.3) is 0 Å². The number of carboxylic acid groups (broad SMARTS) is 1. The third kappa shape index (κ3) is 2.87. The number of aromatic carboxylic acids is 1. The van der Waals surface area contributed by atoms with Gasteiger partial charge >= 0.3 is 12.1 Å². The van der Waals surface area contributed by atoms with Gasteiger partial charge in [0.1, 0.15) is 0 Å². The van der Waals surface area contributed by atoms with Gasteiger partial charge in [0.05, 0.1) is 6.10 Å². The highest BCUT2D eigenvalue weighted by atomic mass is 19.4. The third-order valence-electron chi connectivity index (χ3n) is 3.06. The molecule has 1 unspecified atom stereocenters. The van der Waals surface area contributed by atoms with Crippen LogP contribution in [0.5, 0.6) is 0 Å². The summed E-state index contributed by atoms with van der Waals surface area (Å²) in [5.41, 5.74) is -1.51. The Kier molecular flexibility index (Phi) is 3.89. The highest BCUT2D eigenvalue weighted by molar-refractivity contribution is 5.86. The number of hydrogen-bond acceptors (Lipinski definition) is 5. The molecular weight excluding hydrogens is 281 g/mol. The van der Waals surface area contributed by atoms with Crippen molar-refractivity contribution in [1.82, 2.24) is 4.98 Å². The fourth-order valence-electron chi connectivity index (χ4n) is 2.09. The summed E-state index contributed by atoms with van der Waals surface area (Å²) in [6.07, 6.45) is -3.53. The molecule has 1 aromatic rings. The molecule has 0 saturated carbocycles. The zero-order valence-corrected chi connectivity index (χ0v) is 10.6. The van der Waals surface area contributed by atoms with Crippen molar-refractivity contribution in [1.29, 1.82) is 0 Å². The number of piperidine rings is 1. The van der Waals surface area contributed by atoms with Crippen molar-refractivity contribution in [3.05, 3.63) is 11.5 Å². The Morgan fingerprint density at radius 1 is 1.55 bits per heavy atom. The minimum atomic E-state index is -4.87. The number of methoxy groups -OCH3 is 1. The van der Waals surface area contributed by atoms with Crippen LogP contribution in [-0.4, -0.2) is 42.4 Å². The van der Waals surface area contributed by atoms with Crippen molar-refractivity contribution >= 4 is 12.0 Å². The highest BCUT2D eigenvalue weighted by Gasteiger charge is 2.42. The van der Waals surface area contributed by atoms with E-state index in [1.54, 1.807) is 0 Å². The van der Waals surface area contributed by atoms with Crippen molar-refractivity contribution < 1.29 is 32.2 Å². The topological polar surface area (TPSA) is 75.8 Å². The first-order valence-electron chi connectivity index (χ1n) is 5.92. The molecule has 9 heteroatoms. The maximum atomic E-state index is 12.7. The lowest BCUT2D eigenvalue weighted by Crippen LogP contribution is -2.39. The fraction of sp³-hybridized carbons (Fsp3) is 0.636. The van der Waals surface area contributed by atoms with Crippen LogP contribution in [0, 0.1) is 0 Å². The summed E-state index contributed by atoms with van der Waals surface area (Å²) in [6, 6.07) is -0.337. The second-order valence-electron chi connectivity index (χ2n) is 4.42. The maximum Gasteiger partial charge on any atom is 0.437 e. The summed E-state index contributed by atoms with van der Waals surface area (Å²) < 4.78 is 48.0.